The van der Waals surface area contributed by atoms with Crippen molar-refractivity contribution in [1.82, 2.24) is 19.8 Å². The molecule has 8 aliphatic heterocycles. The Hall–Kier alpha value is -4.28. The van der Waals surface area contributed by atoms with Gasteiger partial charge in [-0.05, 0) is 37.8 Å². The number of carbonyl (C=O) groups is 4. The minimum atomic E-state index is -0.242. The monoisotopic (exact) mass is 648 g/mol. The molecular formula is C38H40N4O6. The van der Waals surface area contributed by atoms with Gasteiger partial charge in [0.25, 0.3) is 0 Å². The third-order valence-electron chi connectivity index (χ3n) is 12.0. The van der Waals surface area contributed by atoms with Crippen LogP contribution < -0.4 is 0 Å². The Labute approximate surface area is 278 Å². The van der Waals surface area contributed by atoms with Crippen LogP contribution in [0.25, 0.3) is 21.8 Å². The molecule has 4 aromatic rings. The van der Waals surface area contributed by atoms with Crippen LogP contribution in [-0.4, -0.2) is 92.7 Å². The van der Waals surface area contributed by atoms with E-state index in [1.54, 1.807) is 12.4 Å². The third kappa shape index (κ3) is 5.17. The van der Waals surface area contributed by atoms with E-state index in [4.69, 9.17) is 9.47 Å². The SMILES string of the molecule is O=C(O[C@@H]1C[C@@H]2C[C@@H]3C[C@H](C1)N2CC3=O)c1c[nH]c2ccccc12.O=C(O[C@@H]1C[C@@H]2C[C@@H]3C[C@H](C1)N2CC3=O)c1c[nH]c2ccccc12. The van der Waals surface area contributed by atoms with Gasteiger partial charge in [-0.2, -0.15) is 0 Å². The Balaban J connectivity index is 0.000000131. The summed E-state index contributed by atoms with van der Waals surface area (Å²) in [6, 6.07) is 17.2. The Kier molecular flexibility index (Phi) is 7.27. The molecule has 0 spiro atoms. The van der Waals surface area contributed by atoms with E-state index in [0.717, 1.165) is 73.2 Å². The number of rotatable bonds is 4. The van der Waals surface area contributed by atoms with Crippen molar-refractivity contribution < 1.29 is 28.7 Å². The molecule has 8 saturated heterocycles. The number of nitrogens with zero attached hydrogens (tertiary/aromatic N) is 2. The maximum Gasteiger partial charge on any atom is 0.340 e. The maximum absolute atomic E-state index is 12.6. The number of nitrogens with one attached hydrogen (secondary N) is 2. The molecule has 0 amide bonds. The molecule has 10 nitrogen and oxygen atoms in total. The van der Waals surface area contributed by atoms with Gasteiger partial charge in [-0.1, -0.05) is 36.4 Å². The van der Waals surface area contributed by atoms with Gasteiger partial charge in [0.2, 0.25) is 0 Å². The largest absolute Gasteiger partial charge is 0.459 e. The molecule has 12 rings (SSSR count). The number of hydrogen-bond acceptors (Lipinski definition) is 8. The van der Waals surface area contributed by atoms with Gasteiger partial charge in [0.15, 0.2) is 0 Å². The van der Waals surface area contributed by atoms with Gasteiger partial charge >= 0.3 is 11.9 Å². The van der Waals surface area contributed by atoms with Crippen LogP contribution >= 0.6 is 0 Å². The molecule has 48 heavy (non-hydrogen) atoms. The van der Waals surface area contributed by atoms with Crippen LogP contribution in [0.15, 0.2) is 60.9 Å². The van der Waals surface area contributed by atoms with E-state index < -0.39 is 0 Å². The molecule has 8 aliphatic rings. The fourth-order valence-electron chi connectivity index (χ4n) is 9.74. The van der Waals surface area contributed by atoms with E-state index in [0.29, 0.717) is 60.0 Å². The minimum absolute atomic E-state index is 0.0356. The van der Waals surface area contributed by atoms with Crippen molar-refractivity contribution in [3.63, 3.8) is 0 Å². The molecule has 10 heteroatoms. The van der Waals surface area contributed by atoms with Gasteiger partial charge in [-0.3, -0.25) is 19.4 Å². The highest BCUT2D eigenvalue weighted by molar-refractivity contribution is 6.04. The number of H-pyrrole nitrogens is 2. The number of benzene rings is 2. The lowest BCUT2D eigenvalue weighted by molar-refractivity contribution is -0.145. The van der Waals surface area contributed by atoms with Crippen LogP contribution in [0.5, 0.6) is 0 Å². The van der Waals surface area contributed by atoms with E-state index >= 15 is 0 Å². The second-order valence-corrected chi connectivity index (χ2v) is 14.7. The molecule has 0 saturated carbocycles. The summed E-state index contributed by atoms with van der Waals surface area (Å²) in [4.78, 5) is 60.0. The number of carbonyl (C=O) groups excluding carboxylic acids is 4. The highest BCUT2D eigenvalue weighted by Gasteiger charge is 2.50. The molecule has 8 fully saturated rings. The van der Waals surface area contributed by atoms with Crippen molar-refractivity contribution in [3.05, 3.63) is 72.1 Å². The van der Waals surface area contributed by atoms with Crippen molar-refractivity contribution in [2.75, 3.05) is 13.1 Å². The van der Waals surface area contributed by atoms with Crippen molar-refractivity contribution in [2.24, 2.45) is 11.8 Å². The van der Waals surface area contributed by atoms with Crippen molar-refractivity contribution in [3.8, 4) is 0 Å². The van der Waals surface area contributed by atoms with Crippen LogP contribution in [0.3, 0.4) is 0 Å². The summed E-state index contributed by atoms with van der Waals surface area (Å²) in [7, 11) is 0. The first-order chi connectivity index (χ1) is 23.4. The summed E-state index contributed by atoms with van der Waals surface area (Å²) in [6.45, 7) is 1.20. The van der Waals surface area contributed by atoms with Crippen LogP contribution in [-0.2, 0) is 19.1 Å². The number of hydrogen-bond donors (Lipinski definition) is 2. The fourth-order valence-corrected chi connectivity index (χ4v) is 9.74. The lowest BCUT2D eigenvalue weighted by atomic mass is 9.72. The molecule has 2 unspecified atom stereocenters. The van der Waals surface area contributed by atoms with E-state index in [1.165, 1.54) is 0 Å². The average Bonchev–Trinajstić information content (AvgIpc) is 3.70. The number of ketones is 2. The van der Waals surface area contributed by atoms with Crippen molar-refractivity contribution >= 4 is 45.3 Å². The van der Waals surface area contributed by atoms with Crippen LogP contribution in [0.1, 0.15) is 72.1 Å². The van der Waals surface area contributed by atoms with Gasteiger partial charge in [-0.25, -0.2) is 9.59 Å². The molecule has 10 heterocycles. The number of esters is 2. The summed E-state index contributed by atoms with van der Waals surface area (Å²) in [5.74, 6) is 0.807. The number of ether oxygens (including phenoxy) is 2. The standard InChI is InChI=1S/2C19H20N2O3/c2*22-18-10-21-12-5-11(18)6-13(21)8-14(7-12)24-19(23)16-9-20-17-4-2-1-3-15(16)17/h2*1-4,9,11-14,20H,5-8,10H2/t2*11-,12+,13-,14-. The Morgan fingerprint density at radius 2 is 0.938 bits per heavy atom. The van der Waals surface area contributed by atoms with E-state index in [-0.39, 0.29) is 36.0 Å². The molecule has 0 radical (unpaired) electrons. The van der Waals surface area contributed by atoms with Crippen molar-refractivity contribution in [1.29, 1.82) is 0 Å². The molecule has 2 aromatic carbocycles. The first kappa shape index (κ1) is 29.8. The molecular weight excluding hydrogens is 608 g/mol. The predicted octanol–water partition coefficient (Wildman–Crippen LogP) is 5.04. The van der Waals surface area contributed by atoms with Crippen molar-refractivity contribution in [2.45, 2.75) is 87.7 Å². The third-order valence-corrected chi connectivity index (χ3v) is 12.0. The molecule has 2 aromatic heterocycles. The Morgan fingerprint density at radius 3 is 1.31 bits per heavy atom. The summed E-state index contributed by atoms with van der Waals surface area (Å²) in [6.07, 6.45) is 10.6. The number of fused-ring (bicyclic) bond motifs is 4. The number of para-hydroxylation sites is 2. The highest BCUT2D eigenvalue weighted by Crippen LogP contribution is 2.43. The Morgan fingerprint density at radius 1 is 0.562 bits per heavy atom. The first-order valence-electron chi connectivity index (χ1n) is 17.5. The summed E-state index contributed by atoms with van der Waals surface area (Å²) < 4.78 is 11.7. The fraction of sp³-hybridized carbons (Fsp3) is 0.474. The lowest BCUT2D eigenvalue weighted by Crippen LogP contribution is -2.63. The zero-order chi connectivity index (χ0) is 32.5. The molecule has 8 bridgehead atoms. The highest BCUT2D eigenvalue weighted by atomic mass is 16.5. The summed E-state index contributed by atoms with van der Waals surface area (Å²) in [5.41, 5.74) is 3.12. The predicted molar refractivity (Wildman–Crippen MR) is 177 cm³/mol. The van der Waals surface area contributed by atoms with Gasteiger partial charge in [0.1, 0.15) is 23.8 Å². The number of aromatic nitrogens is 2. The lowest BCUT2D eigenvalue weighted by Gasteiger charge is -2.54. The number of piperidine rings is 8. The van der Waals surface area contributed by atoms with E-state index in [9.17, 15) is 19.2 Å². The normalized spacial score (nSPS) is 34.5. The molecule has 2 N–H and O–H groups in total. The van der Waals surface area contributed by atoms with E-state index in [2.05, 4.69) is 19.8 Å². The smallest absolute Gasteiger partial charge is 0.340 e. The van der Waals surface area contributed by atoms with Gasteiger partial charge < -0.3 is 19.4 Å². The van der Waals surface area contributed by atoms with Crippen LogP contribution in [0.2, 0.25) is 0 Å². The van der Waals surface area contributed by atoms with Gasteiger partial charge in [0, 0.05) is 95.9 Å². The summed E-state index contributed by atoms with van der Waals surface area (Å²) in [5, 5.41) is 1.82. The Bertz CT molecular complexity index is 1760. The second-order valence-electron chi connectivity index (χ2n) is 14.7. The van der Waals surface area contributed by atoms with Crippen LogP contribution in [0.4, 0.5) is 0 Å². The van der Waals surface area contributed by atoms with Gasteiger partial charge in [0.05, 0.1) is 24.2 Å². The topological polar surface area (TPSA) is 125 Å². The van der Waals surface area contributed by atoms with Crippen LogP contribution in [0, 0.1) is 11.8 Å². The molecule has 10 atom stereocenters. The molecule has 0 aliphatic carbocycles. The maximum atomic E-state index is 12.6. The molecule has 248 valence electrons. The zero-order valence-electron chi connectivity index (χ0n) is 26.8. The number of aromatic amines is 2. The summed E-state index contributed by atoms with van der Waals surface area (Å²) >= 11 is 0. The number of Topliss-reactive ketones (excluding diaryl/α,β-unsaturated/α-hetero) is 2. The second kappa shape index (κ2) is 11.7. The van der Waals surface area contributed by atoms with E-state index in [1.807, 2.05) is 48.5 Å². The average molecular weight is 649 g/mol. The quantitative estimate of drug-likeness (QED) is 0.295. The minimum Gasteiger partial charge on any atom is -0.459 e. The van der Waals surface area contributed by atoms with Gasteiger partial charge in [-0.15, -0.1) is 0 Å². The first-order valence-corrected chi connectivity index (χ1v) is 17.5. The zero-order valence-corrected chi connectivity index (χ0v) is 26.8.